The van der Waals surface area contributed by atoms with E-state index in [1.165, 1.54) is 0 Å². The van der Waals surface area contributed by atoms with Gasteiger partial charge in [-0.25, -0.2) is 8.78 Å². The van der Waals surface area contributed by atoms with Crippen LogP contribution >= 0.6 is 11.6 Å². The van der Waals surface area contributed by atoms with E-state index in [9.17, 15) is 13.6 Å². The molecule has 60 valence electrons. The fourth-order valence-electron chi connectivity index (χ4n) is 0.325. The van der Waals surface area contributed by atoms with E-state index in [0.29, 0.717) is 0 Å². The average molecular weight is 173 g/mol. The smallest absolute Gasteiger partial charge is 0.261 e. The van der Waals surface area contributed by atoms with Crippen molar-refractivity contribution in [1.82, 2.24) is 0 Å². The molecule has 0 atom stereocenters. The number of hydrogen-bond acceptors (Lipinski definition) is 2. The van der Waals surface area contributed by atoms with Crippen LogP contribution in [0.1, 0.15) is 6.42 Å². The quantitative estimate of drug-likeness (QED) is 0.463. The topological polar surface area (TPSA) is 26.3 Å². The number of ether oxygens (including phenoxy) is 1. The highest BCUT2D eigenvalue weighted by atomic mass is 35.5. The van der Waals surface area contributed by atoms with Gasteiger partial charge in [-0.15, -0.1) is 0 Å². The Balaban J connectivity index is 2.98. The molecule has 0 aromatic heterocycles. The van der Waals surface area contributed by atoms with E-state index >= 15 is 0 Å². The molecule has 0 N–H and O–H groups in total. The Morgan fingerprint density at radius 3 is 2.60 bits per heavy atom. The van der Waals surface area contributed by atoms with E-state index in [4.69, 9.17) is 11.6 Å². The zero-order valence-corrected chi connectivity index (χ0v) is 5.90. The molecule has 0 amide bonds. The summed E-state index contributed by atoms with van der Waals surface area (Å²) in [6.07, 6.45) is -2.50. The van der Waals surface area contributed by atoms with Crippen LogP contribution in [0.3, 0.4) is 0 Å². The first-order valence-electron chi connectivity index (χ1n) is 2.67. The summed E-state index contributed by atoms with van der Waals surface area (Å²) in [7, 11) is 0. The van der Waals surface area contributed by atoms with Gasteiger partial charge in [0.05, 0.1) is 6.61 Å². The highest BCUT2D eigenvalue weighted by Gasteiger charge is 2.02. The van der Waals surface area contributed by atoms with Gasteiger partial charge < -0.3 is 4.74 Å². The van der Waals surface area contributed by atoms with Crippen LogP contribution in [0.4, 0.5) is 8.78 Å². The lowest BCUT2D eigenvalue weighted by Crippen LogP contribution is -2.06. The van der Waals surface area contributed by atoms with E-state index in [1.807, 2.05) is 0 Å². The molecule has 0 aromatic carbocycles. The number of halogens is 3. The Kier molecular flexibility index (Phi) is 5.43. The van der Waals surface area contributed by atoms with Gasteiger partial charge in [0, 0.05) is 6.42 Å². The van der Waals surface area contributed by atoms with Crippen LogP contribution in [0.5, 0.6) is 0 Å². The van der Waals surface area contributed by atoms with Crippen molar-refractivity contribution in [3.8, 4) is 0 Å². The van der Waals surface area contributed by atoms with Gasteiger partial charge in [0.15, 0.2) is 0 Å². The summed E-state index contributed by atoms with van der Waals surface area (Å²) >= 11 is 4.89. The van der Waals surface area contributed by atoms with Crippen molar-refractivity contribution in [2.45, 2.75) is 12.8 Å². The van der Waals surface area contributed by atoms with Crippen LogP contribution in [0.2, 0.25) is 0 Å². The molecule has 0 aliphatic carbocycles. The molecule has 0 spiro atoms. The first-order valence-corrected chi connectivity index (χ1v) is 3.05. The third kappa shape index (κ3) is 7.78. The van der Waals surface area contributed by atoms with Crippen molar-refractivity contribution >= 4 is 16.8 Å². The lowest BCUT2D eigenvalue weighted by molar-refractivity contribution is -0.113. The molecule has 0 unspecified atom stereocenters. The van der Waals surface area contributed by atoms with Crippen molar-refractivity contribution in [3.05, 3.63) is 0 Å². The average Bonchev–Trinajstić information content (AvgIpc) is 1.79. The van der Waals surface area contributed by atoms with Gasteiger partial charge in [0.2, 0.25) is 5.24 Å². The molecule has 0 radical (unpaired) electrons. The molecule has 0 fully saturated rings. The minimum absolute atomic E-state index is 0.0196. The molecule has 0 rings (SSSR count). The summed E-state index contributed by atoms with van der Waals surface area (Å²) in [5.74, 6) is 0. The van der Waals surface area contributed by atoms with Crippen LogP contribution in [-0.2, 0) is 9.53 Å². The summed E-state index contributed by atoms with van der Waals surface area (Å²) in [6, 6.07) is 0. The number of alkyl halides is 2. The van der Waals surface area contributed by atoms with E-state index in [2.05, 4.69) is 4.74 Å². The SMILES string of the molecule is O=C(Cl)CCOCC(F)F. The summed E-state index contributed by atoms with van der Waals surface area (Å²) in [6.45, 7) is -0.670. The van der Waals surface area contributed by atoms with Crippen molar-refractivity contribution < 1.29 is 18.3 Å². The van der Waals surface area contributed by atoms with Crippen molar-refractivity contribution in [1.29, 1.82) is 0 Å². The first-order chi connectivity index (χ1) is 4.63. The summed E-state index contributed by atoms with van der Waals surface area (Å²) in [5, 5.41) is -0.575. The van der Waals surface area contributed by atoms with Crippen molar-refractivity contribution in [3.63, 3.8) is 0 Å². The third-order valence-corrected chi connectivity index (χ3v) is 0.876. The van der Waals surface area contributed by atoms with E-state index < -0.39 is 18.3 Å². The van der Waals surface area contributed by atoms with Gasteiger partial charge in [0.25, 0.3) is 6.43 Å². The molecule has 0 saturated heterocycles. The second-order valence-corrected chi connectivity index (χ2v) is 1.99. The Labute approximate surface area is 62.1 Å². The van der Waals surface area contributed by atoms with Crippen LogP contribution in [0.25, 0.3) is 0 Å². The maximum absolute atomic E-state index is 11.3. The summed E-state index contributed by atoms with van der Waals surface area (Å²) in [5.41, 5.74) is 0. The number of carbonyl (C=O) groups excluding carboxylic acids is 1. The highest BCUT2D eigenvalue weighted by Crippen LogP contribution is 1.94. The molecular formula is C5H7ClF2O2. The second kappa shape index (κ2) is 5.56. The second-order valence-electron chi connectivity index (χ2n) is 1.57. The largest absolute Gasteiger partial charge is 0.375 e. The first kappa shape index (κ1) is 9.78. The molecular weight excluding hydrogens is 166 g/mol. The van der Waals surface area contributed by atoms with Crippen LogP contribution in [0.15, 0.2) is 0 Å². The predicted molar refractivity (Wildman–Crippen MR) is 32.3 cm³/mol. The Morgan fingerprint density at radius 1 is 1.60 bits per heavy atom. The van der Waals surface area contributed by atoms with Gasteiger partial charge in [-0.1, -0.05) is 0 Å². The Bertz CT molecular complexity index is 108. The summed E-state index contributed by atoms with van der Waals surface area (Å²) in [4.78, 5) is 9.99. The molecule has 0 aliphatic rings. The standard InChI is InChI=1S/C5H7ClF2O2/c6-4(9)1-2-10-3-5(7)8/h5H,1-3H2. The van der Waals surface area contributed by atoms with E-state index in [0.717, 1.165) is 0 Å². The molecule has 0 aliphatic heterocycles. The predicted octanol–water partition coefficient (Wildman–Crippen LogP) is 1.42. The lowest BCUT2D eigenvalue weighted by Gasteiger charge is -1.99. The van der Waals surface area contributed by atoms with E-state index in [-0.39, 0.29) is 13.0 Å². The van der Waals surface area contributed by atoms with Crippen LogP contribution in [-0.4, -0.2) is 24.9 Å². The fourth-order valence-corrected chi connectivity index (χ4v) is 0.402. The molecule has 2 nitrogen and oxygen atoms in total. The van der Waals surface area contributed by atoms with Gasteiger partial charge in [-0.3, -0.25) is 4.79 Å². The monoisotopic (exact) mass is 172 g/mol. The normalized spacial score (nSPS) is 10.4. The summed E-state index contributed by atoms with van der Waals surface area (Å²) < 4.78 is 27.0. The zero-order chi connectivity index (χ0) is 7.98. The van der Waals surface area contributed by atoms with Gasteiger partial charge in [-0.05, 0) is 11.6 Å². The minimum atomic E-state index is -2.48. The third-order valence-electron chi connectivity index (χ3n) is 0.687. The van der Waals surface area contributed by atoms with Gasteiger partial charge in [-0.2, -0.15) is 0 Å². The Hall–Kier alpha value is -0.220. The lowest BCUT2D eigenvalue weighted by atomic mass is 10.5. The maximum Gasteiger partial charge on any atom is 0.261 e. The van der Waals surface area contributed by atoms with Crippen LogP contribution in [0, 0.1) is 0 Å². The molecule has 5 heteroatoms. The van der Waals surface area contributed by atoms with Crippen LogP contribution < -0.4 is 0 Å². The molecule has 0 heterocycles. The fraction of sp³-hybridized carbons (Fsp3) is 0.800. The minimum Gasteiger partial charge on any atom is -0.375 e. The molecule has 10 heavy (non-hydrogen) atoms. The number of rotatable bonds is 5. The van der Waals surface area contributed by atoms with Crippen molar-refractivity contribution in [2.24, 2.45) is 0 Å². The van der Waals surface area contributed by atoms with Crippen molar-refractivity contribution in [2.75, 3.05) is 13.2 Å². The highest BCUT2D eigenvalue weighted by molar-refractivity contribution is 6.63. The zero-order valence-electron chi connectivity index (χ0n) is 5.15. The van der Waals surface area contributed by atoms with Gasteiger partial charge >= 0.3 is 0 Å². The van der Waals surface area contributed by atoms with Gasteiger partial charge in [0.1, 0.15) is 6.61 Å². The number of hydrogen-bond donors (Lipinski definition) is 0. The van der Waals surface area contributed by atoms with E-state index in [1.54, 1.807) is 0 Å². The Morgan fingerprint density at radius 2 is 2.20 bits per heavy atom. The number of carbonyl (C=O) groups is 1. The molecule has 0 aromatic rings. The molecule has 0 bridgehead atoms. The maximum atomic E-state index is 11.3. The molecule has 0 saturated carbocycles.